The number of alkyl halides is 3. The number of carbonyl (C=O) groups is 1. The molecular formula is C27H40F3N3O3. The number of hydrogen-bond acceptors (Lipinski definition) is 5. The van der Waals surface area contributed by atoms with Gasteiger partial charge in [0.25, 0.3) is 0 Å². The second-order valence-electron chi connectivity index (χ2n) is 11.5. The van der Waals surface area contributed by atoms with Crippen molar-refractivity contribution in [3.63, 3.8) is 0 Å². The van der Waals surface area contributed by atoms with Gasteiger partial charge in [0.1, 0.15) is 0 Å². The van der Waals surface area contributed by atoms with E-state index >= 15 is 0 Å². The molecule has 0 unspecified atom stereocenters. The second kappa shape index (κ2) is 10.6. The first-order valence-electron chi connectivity index (χ1n) is 13.2. The Hall–Kier alpha value is -1.71. The zero-order valence-corrected chi connectivity index (χ0v) is 22.0. The molecule has 202 valence electrons. The van der Waals surface area contributed by atoms with E-state index in [1.807, 2.05) is 18.7 Å². The molecule has 3 aliphatic rings. The molecule has 5 atom stereocenters. The molecule has 1 aliphatic carbocycles. The van der Waals surface area contributed by atoms with E-state index < -0.39 is 17.2 Å². The van der Waals surface area contributed by atoms with E-state index in [4.69, 9.17) is 9.47 Å². The van der Waals surface area contributed by atoms with Crippen LogP contribution >= 0.6 is 0 Å². The average Bonchev–Trinajstić information content (AvgIpc) is 3.27. The van der Waals surface area contributed by atoms with Crippen molar-refractivity contribution in [3.8, 4) is 0 Å². The molecule has 0 bridgehead atoms. The van der Waals surface area contributed by atoms with Crippen molar-refractivity contribution >= 4 is 5.91 Å². The number of ether oxygens (including phenoxy) is 2. The lowest BCUT2D eigenvalue weighted by molar-refractivity contribution is -0.146. The number of fused-ring (bicyclic) bond motifs is 1. The smallest absolute Gasteiger partial charge is 0.379 e. The summed E-state index contributed by atoms with van der Waals surface area (Å²) in [6.07, 6.45) is -0.315. The first-order chi connectivity index (χ1) is 17.0. The van der Waals surface area contributed by atoms with E-state index in [0.717, 1.165) is 25.5 Å². The first kappa shape index (κ1) is 27.3. The number of aromatic nitrogens is 1. The van der Waals surface area contributed by atoms with Gasteiger partial charge in [-0.15, -0.1) is 0 Å². The number of rotatable bonds is 6. The molecule has 3 heterocycles. The molecule has 1 aromatic rings. The average molecular weight is 512 g/mol. The third-order valence-electron chi connectivity index (χ3n) is 8.69. The van der Waals surface area contributed by atoms with Crippen LogP contribution in [0.3, 0.4) is 0 Å². The van der Waals surface area contributed by atoms with Gasteiger partial charge in [-0.05, 0) is 49.1 Å². The molecule has 4 rings (SSSR count). The number of nitrogens with zero attached hydrogens (tertiary/aromatic N) is 2. The van der Waals surface area contributed by atoms with Crippen molar-refractivity contribution in [1.82, 2.24) is 15.2 Å². The van der Waals surface area contributed by atoms with Gasteiger partial charge in [-0.3, -0.25) is 9.78 Å². The van der Waals surface area contributed by atoms with Crippen molar-refractivity contribution in [3.05, 3.63) is 29.1 Å². The van der Waals surface area contributed by atoms with E-state index in [1.54, 1.807) is 7.11 Å². The van der Waals surface area contributed by atoms with Crippen molar-refractivity contribution in [2.24, 2.45) is 17.3 Å². The molecule has 1 amide bonds. The minimum atomic E-state index is -4.46. The number of amides is 1. The lowest BCUT2D eigenvalue weighted by atomic mass is 9.73. The molecule has 2 fully saturated rings. The predicted octanol–water partition coefficient (Wildman–Crippen LogP) is 4.77. The molecule has 1 saturated carbocycles. The fraction of sp³-hybridized carbons (Fsp3) is 0.778. The van der Waals surface area contributed by atoms with Gasteiger partial charge in [0, 0.05) is 51.0 Å². The minimum Gasteiger partial charge on any atom is -0.379 e. The Morgan fingerprint density at radius 2 is 2.03 bits per heavy atom. The summed E-state index contributed by atoms with van der Waals surface area (Å²) in [6.45, 7) is 10.2. The van der Waals surface area contributed by atoms with E-state index in [2.05, 4.69) is 24.1 Å². The maximum absolute atomic E-state index is 14.2. The van der Waals surface area contributed by atoms with E-state index in [0.29, 0.717) is 37.4 Å². The minimum absolute atomic E-state index is 0.00998. The second-order valence-corrected chi connectivity index (χ2v) is 11.5. The lowest BCUT2D eigenvalue weighted by Crippen LogP contribution is -2.52. The maximum Gasteiger partial charge on any atom is 0.417 e. The number of pyridine rings is 1. The van der Waals surface area contributed by atoms with Crippen LogP contribution in [0.25, 0.3) is 0 Å². The van der Waals surface area contributed by atoms with E-state index in [-0.39, 0.29) is 48.4 Å². The van der Waals surface area contributed by atoms with E-state index in [1.165, 1.54) is 6.07 Å². The zero-order valence-electron chi connectivity index (χ0n) is 22.0. The van der Waals surface area contributed by atoms with Gasteiger partial charge in [0.05, 0.1) is 29.4 Å². The normalized spacial score (nSPS) is 31.2. The summed E-state index contributed by atoms with van der Waals surface area (Å²) < 4.78 is 51.4. The number of carbonyl (C=O) groups excluding carboxylic acids is 1. The van der Waals surface area contributed by atoms with Crippen LogP contribution < -0.4 is 5.32 Å². The standard InChI is InChI=1S/C27H40F3N3O3/c1-16(2)21-14-33(13-18-10-19(27(28,29)30)12-31-24(18)21)25(34)26(17(3)4)8-6-20(11-26)32-22-7-9-36-15-23(22)35-5/h10,12,16-17,20-23,32H,6-9,11,13-15H2,1-5H3/t20-,21-,22+,23-,26+/m1/s1. The van der Waals surface area contributed by atoms with Gasteiger partial charge in [-0.2, -0.15) is 13.2 Å². The summed E-state index contributed by atoms with van der Waals surface area (Å²) in [6, 6.07) is 1.56. The molecule has 36 heavy (non-hydrogen) atoms. The van der Waals surface area contributed by atoms with Crippen LogP contribution in [0.15, 0.2) is 12.3 Å². The molecule has 1 N–H and O–H groups in total. The SMILES string of the molecule is CO[C@@H]1COCC[C@@H]1N[C@@H]1CC[C@@](C(=O)N2Cc3cc(C(F)(F)F)cnc3[C@@H](C(C)C)C2)(C(C)C)C1. The Balaban J connectivity index is 1.56. The summed E-state index contributed by atoms with van der Waals surface area (Å²) in [4.78, 5) is 20.2. The van der Waals surface area contributed by atoms with Crippen molar-refractivity contribution in [2.75, 3.05) is 26.9 Å². The number of methoxy groups -OCH3 is 1. The summed E-state index contributed by atoms with van der Waals surface area (Å²) in [5.41, 5.74) is -0.0954. The maximum atomic E-state index is 14.2. The van der Waals surface area contributed by atoms with Gasteiger partial charge in [0.15, 0.2) is 0 Å². The van der Waals surface area contributed by atoms with Gasteiger partial charge in [0.2, 0.25) is 5.91 Å². The van der Waals surface area contributed by atoms with E-state index in [9.17, 15) is 18.0 Å². The summed E-state index contributed by atoms with van der Waals surface area (Å²) in [5.74, 6) is 0.231. The van der Waals surface area contributed by atoms with Crippen LogP contribution in [0.2, 0.25) is 0 Å². The van der Waals surface area contributed by atoms with Gasteiger partial charge in [-0.1, -0.05) is 27.7 Å². The molecule has 0 spiro atoms. The molecule has 2 aliphatic heterocycles. The Labute approximate surface area is 212 Å². The summed E-state index contributed by atoms with van der Waals surface area (Å²) >= 11 is 0. The number of nitrogens with one attached hydrogen (secondary N) is 1. The fourth-order valence-electron chi connectivity index (χ4n) is 6.35. The third-order valence-corrected chi connectivity index (χ3v) is 8.69. The Kier molecular flexibility index (Phi) is 8.03. The molecule has 0 aromatic carbocycles. The molecular weight excluding hydrogens is 471 g/mol. The predicted molar refractivity (Wildman–Crippen MR) is 130 cm³/mol. The van der Waals surface area contributed by atoms with Crippen LogP contribution in [0.4, 0.5) is 13.2 Å². The van der Waals surface area contributed by atoms with Crippen LogP contribution in [0.5, 0.6) is 0 Å². The molecule has 9 heteroatoms. The van der Waals surface area contributed by atoms with Crippen molar-refractivity contribution < 1.29 is 27.4 Å². The fourth-order valence-corrected chi connectivity index (χ4v) is 6.35. The van der Waals surface area contributed by atoms with Crippen LogP contribution in [0, 0.1) is 17.3 Å². The van der Waals surface area contributed by atoms with Gasteiger partial charge >= 0.3 is 6.18 Å². The van der Waals surface area contributed by atoms with Gasteiger partial charge < -0.3 is 19.7 Å². The highest BCUT2D eigenvalue weighted by Crippen LogP contribution is 2.48. The molecule has 0 radical (unpaired) electrons. The quantitative estimate of drug-likeness (QED) is 0.596. The zero-order chi connectivity index (χ0) is 26.3. The van der Waals surface area contributed by atoms with Crippen molar-refractivity contribution in [1.29, 1.82) is 0 Å². The first-order valence-corrected chi connectivity index (χ1v) is 13.2. The molecule has 1 aromatic heterocycles. The highest BCUT2D eigenvalue weighted by Gasteiger charge is 2.51. The summed E-state index contributed by atoms with van der Waals surface area (Å²) in [5, 5.41) is 3.74. The highest BCUT2D eigenvalue weighted by atomic mass is 19.4. The Morgan fingerprint density at radius 1 is 1.28 bits per heavy atom. The largest absolute Gasteiger partial charge is 0.417 e. The Morgan fingerprint density at radius 3 is 2.67 bits per heavy atom. The highest BCUT2D eigenvalue weighted by molar-refractivity contribution is 5.84. The Bertz CT molecular complexity index is 939. The topological polar surface area (TPSA) is 63.7 Å². The number of halogens is 3. The lowest BCUT2D eigenvalue weighted by Gasteiger charge is -2.42. The van der Waals surface area contributed by atoms with Crippen LogP contribution in [-0.2, 0) is 27.0 Å². The van der Waals surface area contributed by atoms with Gasteiger partial charge in [-0.25, -0.2) is 0 Å². The van der Waals surface area contributed by atoms with Crippen LogP contribution in [0.1, 0.15) is 76.1 Å². The van der Waals surface area contributed by atoms with Crippen molar-refractivity contribution in [2.45, 2.75) is 90.2 Å². The monoisotopic (exact) mass is 511 g/mol. The summed E-state index contributed by atoms with van der Waals surface area (Å²) in [7, 11) is 1.70. The van der Waals surface area contributed by atoms with Crippen LogP contribution in [-0.4, -0.2) is 60.8 Å². The molecule has 6 nitrogen and oxygen atoms in total. The number of hydrogen-bond donors (Lipinski definition) is 1. The third kappa shape index (κ3) is 5.29. The molecule has 1 saturated heterocycles.